The topological polar surface area (TPSA) is 131 Å². The Morgan fingerprint density at radius 2 is 1.62 bits per heavy atom. The lowest BCUT2D eigenvalue weighted by atomic mass is 9.90. The van der Waals surface area contributed by atoms with E-state index in [4.69, 9.17) is 23.1 Å². The number of Topliss-reactive ketones (excluding diaryl/α,β-unsaturated/α-hetero) is 1. The SMILES string of the molecule is CN1C(=O)[C@H](CCCCN)CC(=O)[C@H](CCCN)NCc2ccccc2Sc2c(Cl)ccc(C(F)(F)F)c2CNC(=O)[C@@H]1CC1=CCc2ccccc21. The van der Waals surface area contributed by atoms with Crippen molar-refractivity contribution in [1.29, 1.82) is 0 Å². The van der Waals surface area contributed by atoms with Crippen LogP contribution in [0.3, 0.4) is 0 Å². The summed E-state index contributed by atoms with van der Waals surface area (Å²) in [5.74, 6) is -1.89. The van der Waals surface area contributed by atoms with E-state index in [2.05, 4.69) is 10.6 Å². The number of benzene rings is 3. The molecule has 0 unspecified atom stereocenters. The van der Waals surface area contributed by atoms with Crippen LogP contribution in [-0.4, -0.2) is 54.7 Å². The number of nitrogens with one attached hydrogen (secondary N) is 2. The Labute approximate surface area is 318 Å². The largest absolute Gasteiger partial charge is 0.416 e. The Kier molecular flexibility index (Phi) is 14.2. The third kappa shape index (κ3) is 10.1. The average Bonchev–Trinajstić information content (AvgIpc) is 3.55. The van der Waals surface area contributed by atoms with Crippen molar-refractivity contribution in [2.75, 3.05) is 20.1 Å². The van der Waals surface area contributed by atoms with Crippen molar-refractivity contribution in [3.05, 3.63) is 99.6 Å². The second kappa shape index (κ2) is 18.6. The molecule has 13 heteroatoms. The van der Waals surface area contributed by atoms with Crippen LogP contribution in [0.2, 0.25) is 5.02 Å². The van der Waals surface area contributed by atoms with Crippen molar-refractivity contribution >= 4 is 46.5 Å². The number of amides is 2. The predicted octanol–water partition coefficient (Wildman–Crippen LogP) is 6.90. The maximum absolute atomic E-state index is 14.6. The molecule has 0 saturated carbocycles. The first kappa shape index (κ1) is 40.5. The molecular formula is C40H47ClF3N5O3S. The number of fused-ring (bicyclic) bond motifs is 3. The van der Waals surface area contributed by atoms with E-state index in [1.807, 2.05) is 42.5 Å². The van der Waals surface area contributed by atoms with Gasteiger partial charge in [-0.2, -0.15) is 13.2 Å². The van der Waals surface area contributed by atoms with Gasteiger partial charge in [0.2, 0.25) is 11.8 Å². The molecule has 1 aliphatic heterocycles. The zero-order valence-corrected chi connectivity index (χ0v) is 31.4. The van der Waals surface area contributed by atoms with Crippen molar-refractivity contribution in [1.82, 2.24) is 15.5 Å². The highest BCUT2D eigenvalue weighted by molar-refractivity contribution is 7.99. The second-order valence-corrected chi connectivity index (χ2v) is 15.1. The average molecular weight is 770 g/mol. The van der Waals surface area contributed by atoms with E-state index in [1.165, 1.54) is 18.0 Å². The molecule has 1 heterocycles. The molecule has 0 bridgehead atoms. The molecule has 0 aromatic heterocycles. The maximum atomic E-state index is 14.6. The Morgan fingerprint density at radius 1 is 0.906 bits per heavy atom. The maximum Gasteiger partial charge on any atom is 0.416 e. The minimum Gasteiger partial charge on any atom is -0.350 e. The van der Waals surface area contributed by atoms with Crippen molar-refractivity contribution < 1.29 is 27.6 Å². The number of nitrogens with zero attached hydrogens (tertiary/aromatic N) is 1. The van der Waals surface area contributed by atoms with Gasteiger partial charge in [0.15, 0.2) is 5.78 Å². The quantitative estimate of drug-likeness (QED) is 0.174. The number of carbonyl (C=O) groups excluding carboxylic acids is 3. The lowest BCUT2D eigenvalue weighted by Gasteiger charge is -2.32. The van der Waals surface area contributed by atoms with Crippen LogP contribution >= 0.6 is 23.4 Å². The Bertz CT molecular complexity index is 1820. The molecule has 0 saturated heterocycles. The van der Waals surface area contributed by atoms with Gasteiger partial charge in [-0.3, -0.25) is 14.4 Å². The molecule has 2 amide bonds. The van der Waals surface area contributed by atoms with Crippen molar-refractivity contribution in [2.45, 2.75) is 92.5 Å². The third-order valence-corrected chi connectivity index (χ3v) is 11.7. The number of hydrogen-bond donors (Lipinski definition) is 4. The van der Waals surface area contributed by atoms with Gasteiger partial charge >= 0.3 is 6.18 Å². The van der Waals surface area contributed by atoms with Crippen LogP contribution < -0.4 is 22.1 Å². The highest BCUT2D eigenvalue weighted by Crippen LogP contribution is 2.43. The first-order valence-corrected chi connectivity index (χ1v) is 19.2. The van der Waals surface area contributed by atoms with Crippen LogP contribution in [0.25, 0.3) is 5.57 Å². The van der Waals surface area contributed by atoms with Gasteiger partial charge in [0.1, 0.15) is 6.04 Å². The summed E-state index contributed by atoms with van der Waals surface area (Å²) >= 11 is 7.72. The number of rotatable bonds is 9. The van der Waals surface area contributed by atoms with Crippen LogP contribution in [0.5, 0.6) is 0 Å². The Morgan fingerprint density at radius 3 is 2.36 bits per heavy atom. The molecule has 0 spiro atoms. The molecule has 2 aliphatic rings. The van der Waals surface area contributed by atoms with E-state index in [1.54, 1.807) is 12.1 Å². The third-order valence-electron chi connectivity index (χ3n) is 10.0. The molecule has 284 valence electrons. The summed E-state index contributed by atoms with van der Waals surface area (Å²) in [5, 5.41) is 6.23. The van der Waals surface area contributed by atoms with Gasteiger partial charge in [-0.25, -0.2) is 0 Å². The first-order valence-electron chi connectivity index (χ1n) is 18.0. The molecule has 3 aromatic rings. The van der Waals surface area contributed by atoms with E-state index < -0.39 is 42.2 Å². The normalized spacial score (nSPS) is 20.3. The number of alkyl halides is 3. The van der Waals surface area contributed by atoms with Crippen molar-refractivity contribution in [3.63, 3.8) is 0 Å². The molecular weight excluding hydrogens is 723 g/mol. The van der Waals surface area contributed by atoms with Crippen LogP contribution in [0.1, 0.15) is 72.8 Å². The van der Waals surface area contributed by atoms with E-state index in [0.717, 1.165) is 40.1 Å². The van der Waals surface area contributed by atoms with Gasteiger partial charge in [-0.1, -0.05) is 78.3 Å². The summed E-state index contributed by atoms with van der Waals surface area (Å²) < 4.78 is 43.8. The van der Waals surface area contributed by atoms with Gasteiger partial charge in [0.05, 0.1) is 16.6 Å². The van der Waals surface area contributed by atoms with Gasteiger partial charge in [-0.05, 0) is 91.2 Å². The van der Waals surface area contributed by atoms with Crippen LogP contribution in [-0.2, 0) is 40.1 Å². The zero-order valence-electron chi connectivity index (χ0n) is 29.8. The summed E-state index contributed by atoms with van der Waals surface area (Å²) in [5.41, 5.74) is 14.2. The number of likely N-dealkylation sites (N-methyl/N-ethyl adjacent to an activating group) is 1. The van der Waals surface area contributed by atoms with Crippen molar-refractivity contribution in [3.8, 4) is 0 Å². The second-order valence-electron chi connectivity index (χ2n) is 13.6. The summed E-state index contributed by atoms with van der Waals surface area (Å²) in [7, 11) is 1.53. The molecule has 3 aromatic carbocycles. The summed E-state index contributed by atoms with van der Waals surface area (Å²) in [6, 6.07) is 15.4. The summed E-state index contributed by atoms with van der Waals surface area (Å²) in [6.07, 6.45) is 0.653. The van der Waals surface area contributed by atoms with Crippen LogP contribution in [0.15, 0.2) is 76.5 Å². The molecule has 3 atom stereocenters. The Hall–Kier alpha value is -3.68. The lowest BCUT2D eigenvalue weighted by Crippen LogP contribution is -2.50. The highest BCUT2D eigenvalue weighted by Gasteiger charge is 2.38. The molecule has 53 heavy (non-hydrogen) atoms. The smallest absolute Gasteiger partial charge is 0.350 e. The van der Waals surface area contributed by atoms with Gasteiger partial charge < -0.3 is 27.0 Å². The van der Waals surface area contributed by atoms with E-state index >= 15 is 0 Å². The molecule has 0 radical (unpaired) electrons. The number of hydrogen-bond acceptors (Lipinski definition) is 7. The van der Waals surface area contributed by atoms with Gasteiger partial charge in [0.25, 0.3) is 0 Å². The first-order chi connectivity index (χ1) is 25.4. The van der Waals surface area contributed by atoms with E-state index in [9.17, 15) is 27.6 Å². The molecule has 1 aliphatic carbocycles. The molecule has 6 N–H and O–H groups in total. The number of ketones is 1. The fraction of sp³-hybridized carbons (Fsp3) is 0.425. The fourth-order valence-corrected chi connectivity index (χ4v) is 8.47. The molecule has 5 rings (SSSR count). The molecule has 8 nitrogen and oxygen atoms in total. The predicted molar refractivity (Wildman–Crippen MR) is 203 cm³/mol. The van der Waals surface area contributed by atoms with E-state index in [-0.39, 0.29) is 46.6 Å². The zero-order chi connectivity index (χ0) is 38.1. The van der Waals surface area contributed by atoms with Crippen LogP contribution in [0, 0.1) is 5.92 Å². The minimum atomic E-state index is -4.74. The highest BCUT2D eigenvalue weighted by atomic mass is 35.5. The standard InChI is InChI=1S/C40H47ClF3N5O3S/c1-49-34(21-26-16-15-25-9-2-4-12-29(25)26)38(51)48-24-30-31(40(42,43)44)17-18-32(41)37(30)53-36-14-5-3-11-28(36)23-47-33(13-8-20-46)35(50)22-27(39(49)52)10-6-7-19-45/h2-5,9,11-12,14,16-18,27,33-34,47H,6-8,10,13,15,19-24,45-46H2,1H3,(H,48,51)/t27-,33+,34+/m1/s1. The monoisotopic (exact) mass is 769 g/mol. The van der Waals surface area contributed by atoms with Crippen LogP contribution in [0.4, 0.5) is 13.2 Å². The fourth-order valence-electron chi connectivity index (χ4n) is 7.07. The Balaban J connectivity index is 1.61. The summed E-state index contributed by atoms with van der Waals surface area (Å²) in [4.78, 5) is 45.0. The number of allylic oxidation sites excluding steroid dienone is 1. The number of nitrogens with two attached hydrogens (primary N) is 2. The van der Waals surface area contributed by atoms with Crippen molar-refractivity contribution in [2.24, 2.45) is 17.4 Å². The minimum absolute atomic E-state index is 0.0533. The molecule has 0 fully saturated rings. The number of unbranched alkanes of at least 4 members (excludes halogenated alkanes) is 1. The van der Waals surface area contributed by atoms with Gasteiger partial charge in [-0.15, -0.1) is 0 Å². The number of halogens is 4. The lowest BCUT2D eigenvalue weighted by molar-refractivity contribution is -0.143. The van der Waals surface area contributed by atoms with Gasteiger partial charge in [0, 0.05) is 48.7 Å². The number of carbonyl (C=O) groups is 3. The van der Waals surface area contributed by atoms with E-state index in [0.29, 0.717) is 56.5 Å². The summed E-state index contributed by atoms with van der Waals surface area (Å²) in [6.45, 7) is 0.542.